The molecule has 1 heterocycles. The lowest BCUT2D eigenvalue weighted by molar-refractivity contribution is -0.164. The molecule has 0 bridgehead atoms. The number of carbonyl (C=O) groups is 1. The quantitative estimate of drug-likeness (QED) is 0.689. The van der Waals surface area contributed by atoms with Crippen LogP contribution in [-0.4, -0.2) is 23.2 Å². The number of rotatable bonds is 3. The Morgan fingerprint density at radius 2 is 2.00 bits per heavy atom. The van der Waals surface area contributed by atoms with Crippen molar-refractivity contribution in [3.63, 3.8) is 0 Å². The van der Waals surface area contributed by atoms with Crippen LogP contribution in [0, 0.1) is 0 Å². The van der Waals surface area contributed by atoms with Crippen molar-refractivity contribution >= 4 is 16.9 Å². The molecule has 76 valence electrons. The Balaban J connectivity index is 2.41. The molecule has 0 amide bonds. The molecule has 0 aromatic carbocycles. The normalized spacial score (nSPS) is 20.0. The van der Waals surface area contributed by atoms with Gasteiger partial charge in [0.25, 0.3) is 0 Å². The Labute approximate surface area is 77.4 Å². The maximum atomic E-state index is 12.2. The van der Waals surface area contributed by atoms with Crippen molar-refractivity contribution < 1.29 is 18.0 Å². The average molecular weight is 214 g/mol. The number of alkyl halides is 3. The third kappa shape index (κ3) is 2.35. The molecule has 1 aliphatic rings. The number of hydrazine groups is 1. The van der Waals surface area contributed by atoms with Crippen LogP contribution in [0.1, 0.15) is 12.8 Å². The van der Waals surface area contributed by atoms with Crippen LogP contribution in [-0.2, 0) is 4.79 Å². The lowest BCUT2D eigenvalue weighted by Gasteiger charge is -2.14. The van der Waals surface area contributed by atoms with Gasteiger partial charge in [-0.25, -0.2) is 10.9 Å². The minimum absolute atomic E-state index is 0.0827. The summed E-state index contributed by atoms with van der Waals surface area (Å²) in [4.78, 5) is 10.8. The summed E-state index contributed by atoms with van der Waals surface area (Å²) in [7, 11) is 0. The van der Waals surface area contributed by atoms with Crippen molar-refractivity contribution in [2.24, 2.45) is 0 Å². The maximum absolute atomic E-state index is 12.2. The van der Waals surface area contributed by atoms with Crippen molar-refractivity contribution in [3.8, 4) is 0 Å². The van der Waals surface area contributed by atoms with E-state index in [0.717, 1.165) is 11.8 Å². The summed E-state index contributed by atoms with van der Waals surface area (Å²) in [6.45, 7) is 0. The molecule has 3 nitrogen and oxygen atoms in total. The molecule has 0 unspecified atom stereocenters. The fraction of sp³-hybridized carbons (Fsp3) is 0.833. The zero-order valence-corrected chi connectivity index (χ0v) is 7.68. The first-order valence-electron chi connectivity index (χ1n) is 3.59. The fourth-order valence-electron chi connectivity index (χ4n) is 0.876. The van der Waals surface area contributed by atoms with Crippen LogP contribution in [0.5, 0.6) is 0 Å². The Hall–Kier alpha value is -0.270. The van der Waals surface area contributed by atoms with Gasteiger partial charge in [-0.15, -0.1) is 0 Å². The fourth-order valence-corrected chi connectivity index (χ4v) is 1.18. The van der Waals surface area contributed by atoms with Gasteiger partial charge in [0.05, 0.1) is 0 Å². The minimum Gasteiger partial charge on any atom is -0.287 e. The molecule has 1 rings (SSSR count). The zero-order chi connectivity index (χ0) is 10.1. The van der Waals surface area contributed by atoms with Crippen LogP contribution in [0.4, 0.5) is 13.2 Å². The number of nitrogens with one attached hydrogen (secondary N) is 2. The number of hydrogen-bond acceptors (Lipinski definition) is 4. The Kier molecular flexibility index (Phi) is 2.88. The summed E-state index contributed by atoms with van der Waals surface area (Å²) in [5, 5.41) is -0.237. The van der Waals surface area contributed by atoms with Crippen LogP contribution in [0.3, 0.4) is 0 Å². The van der Waals surface area contributed by atoms with Crippen molar-refractivity contribution in [1.29, 1.82) is 0 Å². The highest BCUT2D eigenvalue weighted by Gasteiger charge is 2.63. The van der Waals surface area contributed by atoms with E-state index in [9.17, 15) is 18.0 Å². The van der Waals surface area contributed by atoms with Gasteiger partial charge in [0.1, 0.15) is 0 Å². The second-order valence-electron chi connectivity index (χ2n) is 2.73. The third-order valence-corrected chi connectivity index (χ3v) is 2.50. The standard InChI is InChI=1S/C6H9F3N2OS/c1-13-4(12)2-3-5(10-11-5)6(7,8)9/h10-11H,2-3H2,1H3. The van der Waals surface area contributed by atoms with Gasteiger partial charge >= 0.3 is 6.18 Å². The average Bonchev–Trinajstić information content (AvgIpc) is 2.79. The monoisotopic (exact) mass is 214 g/mol. The molecule has 0 atom stereocenters. The van der Waals surface area contributed by atoms with E-state index in [4.69, 9.17) is 0 Å². The molecule has 0 aliphatic carbocycles. The second-order valence-corrected chi connectivity index (χ2v) is 3.59. The van der Waals surface area contributed by atoms with Crippen LogP contribution < -0.4 is 10.9 Å². The Morgan fingerprint density at radius 1 is 1.46 bits per heavy atom. The number of carbonyl (C=O) groups excluding carboxylic acids is 1. The van der Waals surface area contributed by atoms with Crippen LogP contribution in [0.15, 0.2) is 0 Å². The number of thioether (sulfide) groups is 1. The molecule has 0 aromatic heterocycles. The van der Waals surface area contributed by atoms with Gasteiger partial charge in [-0.3, -0.25) is 4.79 Å². The van der Waals surface area contributed by atoms with Gasteiger partial charge in [-0.05, 0) is 12.7 Å². The zero-order valence-electron chi connectivity index (χ0n) is 6.86. The first-order chi connectivity index (χ1) is 5.91. The molecule has 1 saturated heterocycles. The van der Waals surface area contributed by atoms with E-state index in [1.165, 1.54) is 0 Å². The highest BCUT2D eigenvalue weighted by Crippen LogP contribution is 2.37. The lowest BCUT2D eigenvalue weighted by Crippen LogP contribution is -2.37. The third-order valence-electron chi connectivity index (χ3n) is 1.84. The van der Waals surface area contributed by atoms with E-state index in [2.05, 4.69) is 0 Å². The number of hydrogen-bond donors (Lipinski definition) is 2. The molecule has 0 aromatic rings. The van der Waals surface area contributed by atoms with Crippen molar-refractivity contribution in [2.45, 2.75) is 24.7 Å². The highest BCUT2D eigenvalue weighted by atomic mass is 32.2. The van der Waals surface area contributed by atoms with Gasteiger partial charge in [0.15, 0.2) is 10.8 Å². The predicted molar refractivity (Wildman–Crippen MR) is 42.8 cm³/mol. The molecule has 0 spiro atoms. The van der Waals surface area contributed by atoms with Crippen LogP contribution in [0.2, 0.25) is 0 Å². The molecule has 7 heteroatoms. The van der Waals surface area contributed by atoms with Gasteiger partial charge in [0.2, 0.25) is 0 Å². The van der Waals surface area contributed by atoms with E-state index >= 15 is 0 Å². The molecule has 2 N–H and O–H groups in total. The van der Waals surface area contributed by atoms with E-state index in [1.54, 1.807) is 6.26 Å². The van der Waals surface area contributed by atoms with Crippen molar-refractivity contribution in [1.82, 2.24) is 10.9 Å². The van der Waals surface area contributed by atoms with Gasteiger partial charge in [0, 0.05) is 6.42 Å². The molecule has 1 fully saturated rings. The summed E-state index contributed by atoms with van der Waals surface area (Å²) in [6.07, 6.45) is -3.13. The Bertz CT molecular complexity index is 214. The van der Waals surface area contributed by atoms with Crippen molar-refractivity contribution in [3.05, 3.63) is 0 Å². The smallest absolute Gasteiger partial charge is 0.287 e. The Morgan fingerprint density at radius 3 is 2.31 bits per heavy atom. The van der Waals surface area contributed by atoms with E-state index in [0.29, 0.717) is 0 Å². The lowest BCUT2D eigenvalue weighted by atomic mass is 10.1. The van der Waals surface area contributed by atoms with Crippen LogP contribution in [0.25, 0.3) is 0 Å². The summed E-state index contributed by atoms with van der Waals surface area (Å²) >= 11 is 0.942. The molecular formula is C6H9F3N2OS. The molecule has 1 aliphatic heterocycles. The number of halogens is 3. The maximum Gasteiger partial charge on any atom is 0.422 e. The minimum atomic E-state index is -4.34. The van der Waals surface area contributed by atoms with E-state index < -0.39 is 11.8 Å². The van der Waals surface area contributed by atoms with Gasteiger partial charge in [-0.2, -0.15) is 13.2 Å². The predicted octanol–water partition coefficient (Wildman–Crippen LogP) is 1.02. The first kappa shape index (κ1) is 10.8. The molecule has 0 saturated carbocycles. The summed E-state index contributed by atoms with van der Waals surface area (Å²) in [5.74, 6) is 0. The summed E-state index contributed by atoms with van der Waals surface area (Å²) in [6, 6.07) is 0. The molecule has 0 radical (unpaired) electrons. The highest BCUT2D eigenvalue weighted by molar-refractivity contribution is 8.13. The van der Waals surface area contributed by atoms with Gasteiger partial charge < -0.3 is 0 Å². The van der Waals surface area contributed by atoms with E-state index in [1.807, 2.05) is 10.9 Å². The van der Waals surface area contributed by atoms with Crippen molar-refractivity contribution in [2.75, 3.05) is 6.26 Å². The topological polar surface area (TPSA) is 61.0 Å². The van der Waals surface area contributed by atoms with Crippen LogP contribution >= 0.6 is 11.8 Å². The largest absolute Gasteiger partial charge is 0.422 e. The second kappa shape index (κ2) is 3.47. The summed E-state index contributed by atoms with van der Waals surface area (Å²) < 4.78 is 36.6. The first-order valence-corrected chi connectivity index (χ1v) is 4.82. The van der Waals surface area contributed by atoms with Gasteiger partial charge in [-0.1, -0.05) is 11.8 Å². The molecular weight excluding hydrogens is 205 g/mol. The summed E-state index contributed by atoms with van der Waals surface area (Å²) in [5.41, 5.74) is 2.05. The van der Waals surface area contributed by atoms with E-state index in [-0.39, 0.29) is 18.0 Å². The SMILES string of the molecule is CSC(=O)CCC1(C(F)(F)F)NN1. The molecule has 13 heavy (non-hydrogen) atoms.